The van der Waals surface area contributed by atoms with Gasteiger partial charge in [0, 0.05) is 6.42 Å². The summed E-state index contributed by atoms with van der Waals surface area (Å²) in [5, 5.41) is 0. The summed E-state index contributed by atoms with van der Waals surface area (Å²) < 4.78 is 56.2. The van der Waals surface area contributed by atoms with E-state index in [4.69, 9.17) is 14.2 Å². The summed E-state index contributed by atoms with van der Waals surface area (Å²) in [7, 11) is 0. The van der Waals surface area contributed by atoms with Crippen molar-refractivity contribution >= 4 is 11.9 Å². The molecule has 3 heterocycles. The van der Waals surface area contributed by atoms with Crippen LogP contribution in [0.3, 0.4) is 0 Å². The van der Waals surface area contributed by atoms with Gasteiger partial charge in [-0.15, -0.1) is 0 Å². The molecule has 0 aromatic carbocycles. The van der Waals surface area contributed by atoms with Gasteiger partial charge in [-0.2, -0.15) is 13.2 Å². The normalized spacial score (nSPS) is 39.3. The third-order valence-electron chi connectivity index (χ3n) is 5.52. The van der Waals surface area contributed by atoms with E-state index in [1.54, 1.807) is 13.8 Å². The number of ether oxygens (including phenoxy) is 3. The van der Waals surface area contributed by atoms with Gasteiger partial charge in [0.1, 0.15) is 12.2 Å². The number of carbonyl (C=O) groups excluding carboxylic acids is 2. The van der Waals surface area contributed by atoms with Crippen LogP contribution in [0.4, 0.5) is 13.2 Å². The lowest BCUT2D eigenvalue weighted by Gasteiger charge is -2.36. The predicted octanol–water partition coefficient (Wildman–Crippen LogP) is 2.23. The van der Waals surface area contributed by atoms with E-state index in [0.29, 0.717) is 6.42 Å². The molecule has 0 saturated carbocycles. The number of fused-ring (bicyclic) bond motifs is 5. The van der Waals surface area contributed by atoms with Crippen LogP contribution < -0.4 is 0 Å². The van der Waals surface area contributed by atoms with Crippen molar-refractivity contribution < 1.29 is 37.0 Å². The molecule has 0 spiro atoms. The molecule has 0 aromatic heterocycles. The molecular weight excluding hydrogens is 317 g/mol. The Hall–Kier alpha value is -1.31. The number of esters is 2. The van der Waals surface area contributed by atoms with Crippen molar-refractivity contribution in [3.8, 4) is 0 Å². The van der Waals surface area contributed by atoms with Crippen molar-refractivity contribution in [2.75, 3.05) is 6.61 Å². The summed E-state index contributed by atoms with van der Waals surface area (Å²) in [4.78, 5) is 24.0. The van der Waals surface area contributed by atoms with Gasteiger partial charge in [0.05, 0.1) is 24.0 Å². The van der Waals surface area contributed by atoms with Gasteiger partial charge in [-0.25, -0.2) is 0 Å². The zero-order valence-corrected chi connectivity index (χ0v) is 13.1. The molecule has 8 heteroatoms. The third kappa shape index (κ3) is 2.03. The van der Waals surface area contributed by atoms with Crippen LogP contribution in [0, 0.1) is 16.7 Å². The van der Waals surface area contributed by atoms with Crippen LogP contribution in [0.15, 0.2) is 0 Å². The first-order valence-electron chi connectivity index (χ1n) is 7.66. The summed E-state index contributed by atoms with van der Waals surface area (Å²) in [6, 6.07) is 0. The Morgan fingerprint density at radius 2 is 2.04 bits per heavy atom. The Labute approximate surface area is 131 Å². The highest BCUT2D eigenvalue weighted by Crippen LogP contribution is 2.63. The van der Waals surface area contributed by atoms with Crippen LogP contribution in [0.25, 0.3) is 0 Å². The highest BCUT2D eigenvalue weighted by atomic mass is 19.4. The second-order valence-corrected chi connectivity index (χ2v) is 7.08. The number of cyclic esters (lactones) is 1. The topological polar surface area (TPSA) is 61.8 Å². The van der Waals surface area contributed by atoms with Gasteiger partial charge >= 0.3 is 18.1 Å². The first-order chi connectivity index (χ1) is 10.6. The average molecular weight is 336 g/mol. The lowest BCUT2D eigenvalue weighted by atomic mass is 9.66. The third-order valence-corrected chi connectivity index (χ3v) is 5.52. The molecule has 3 rings (SSSR count). The van der Waals surface area contributed by atoms with Crippen LogP contribution in [0.2, 0.25) is 0 Å². The average Bonchev–Trinajstić information content (AvgIpc) is 3.08. The first-order valence-corrected chi connectivity index (χ1v) is 7.66. The summed E-state index contributed by atoms with van der Waals surface area (Å²) in [5.41, 5.74) is -3.33. The molecule has 5 atom stereocenters. The number of halogens is 3. The fourth-order valence-electron chi connectivity index (χ4n) is 3.68. The highest BCUT2D eigenvalue weighted by molar-refractivity contribution is 5.82. The molecule has 3 fully saturated rings. The fraction of sp³-hybridized carbons (Fsp3) is 0.867. The maximum atomic E-state index is 13.6. The zero-order valence-electron chi connectivity index (χ0n) is 13.1. The van der Waals surface area contributed by atoms with Gasteiger partial charge < -0.3 is 14.2 Å². The van der Waals surface area contributed by atoms with Crippen LogP contribution in [-0.2, 0) is 23.8 Å². The minimum Gasteiger partial charge on any atom is -0.464 e. The molecule has 0 aliphatic carbocycles. The molecule has 0 aromatic rings. The van der Waals surface area contributed by atoms with Gasteiger partial charge in [-0.3, -0.25) is 9.59 Å². The van der Waals surface area contributed by atoms with E-state index in [0.717, 1.165) is 0 Å². The van der Waals surface area contributed by atoms with E-state index in [-0.39, 0.29) is 13.0 Å². The summed E-state index contributed by atoms with van der Waals surface area (Å²) >= 11 is 0. The predicted molar refractivity (Wildman–Crippen MR) is 70.2 cm³/mol. The van der Waals surface area contributed by atoms with E-state index >= 15 is 0 Å². The van der Waals surface area contributed by atoms with Crippen LogP contribution in [0.5, 0.6) is 0 Å². The van der Waals surface area contributed by atoms with Crippen LogP contribution >= 0.6 is 0 Å². The maximum absolute atomic E-state index is 13.6. The van der Waals surface area contributed by atoms with Crippen molar-refractivity contribution in [1.29, 1.82) is 0 Å². The molecule has 2 bridgehead atoms. The first kappa shape index (κ1) is 16.5. The number of alkyl halides is 3. The summed E-state index contributed by atoms with van der Waals surface area (Å²) in [5.74, 6) is -2.90. The number of rotatable bonds is 3. The molecule has 0 radical (unpaired) electrons. The maximum Gasteiger partial charge on any atom is 0.407 e. The minimum absolute atomic E-state index is 0.138. The lowest BCUT2D eigenvalue weighted by Crippen LogP contribution is -2.56. The molecule has 3 aliphatic rings. The highest BCUT2D eigenvalue weighted by Gasteiger charge is 2.81. The second-order valence-electron chi connectivity index (χ2n) is 7.08. The Morgan fingerprint density at radius 3 is 2.61 bits per heavy atom. The lowest BCUT2D eigenvalue weighted by molar-refractivity contribution is -0.242. The van der Waals surface area contributed by atoms with Crippen molar-refractivity contribution in [3.05, 3.63) is 0 Å². The molecule has 3 aliphatic heterocycles. The van der Waals surface area contributed by atoms with Crippen molar-refractivity contribution in [1.82, 2.24) is 0 Å². The summed E-state index contributed by atoms with van der Waals surface area (Å²) in [6.07, 6.45) is -7.41. The van der Waals surface area contributed by atoms with E-state index in [9.17, 15) is 22.8 Å². The molecule has 5 unspecified atom stereocenters. The van der Waals surface area contributed by atoms with Crippen molar-refractivity contribution in [2.45, 2.75) is 58.1 Å². The largest absolute Gasteiger partial charge is 0.464 e. The van der Waals surface area contributed by atoms with Gasteiger partial charge in [0.2, 0.25) is 0 Å². The molecule has 3 saturated heterocycles. The Bertz CT molecular complexity index is 544. The number of hydrogen-bond acceptors (Lipinski definition) is 5. The Morgan fingerprint density at radius 1 is 1.39 bits per heavy atom. The molecule has 0 N–H and O–H groups in total. The van der Waals surface area contributed by atoms with Crippen molar-refractivity contribution in [2.24, 2.45) is 16.7 Å². The van der Waals surface area contributed by atoms with Crippen LogP contribution in [-0.4, -0.2) is 43.0 Å². The van der Waals surface area contributed by atoms with E-state index < -0.39 is 53.2 Å². The van der Waals surface area contributed by atoms with E-state index in [2.05, 4.69) is 0 Å². The minimum atomic E-state index is -4.75. The molecular formula is C15H19F3O5. The van der Waals surface area contributed by atoms with Crippen LogP contribution in [0.1, 0.15) is 33.6 Å². The van der Waals surface area contributed by atoms with Gasteiger partial charge in [-0.05, 0) is 20.3 Å². The smallest absolute Gasteiger partial charge is 0.407 e. The monoisotopic (exact) mass is 336 g/mol. The molecule has 130 valence electrons. The van der Waals surface area contributed by atoms with Gasteiger partial charge in [0.15, 0.2) is 5.41 Å². The molecule has 23 heavy (non-hydrogen) atoms. The molecule has 0 amide bonds. The summed E-state index contributed by atoms with van der Waals surface area (Å²) in [6.45, 7) is 4.90. The van der Waals surface area contributed by atoms with Gasteiger partial charge in [0.25, 0.3) is 0 Å². The number of hydrogen-bond donors (Lipinski definition) is 0. The second kappa shape index (κ2) is 4.84. The fourth-order valence-corrected chi connectivity index (χ4v) is 3.68. The molecule has 5 nitrogen and oxygen atoms in total. The SMILES string of the molecule is CCC(C)(C)C(=O)OC1CC2OC1C1COC(=O)C21C(F)(F)F. The van der Waals surface area contributed by atoms with E-state index in [1.807, 2.05) is 6.92 Å². The van der Waals surface area contributed by atoms with Crippen molar-refractivity contribution in [3.63, 3.8) is 0 Å². The zero-order chi connectivity index (χ0) is 17.2. The van der Waals surface area contributed by atoms with Gasteiger partial charge in [-0.1, -0.05) is 6.92 Å². The van der Waals surface area contributed by atoms with E-state index in [1.165, 1.54) is 0 Å². The Balaban J connectivity index is 1.82. The quantitative estimate of drug-likeness (QED) is 0.740. The Kier molecular flexibility index (Phi) is 3.48. The standard InChI is InChI=1S/C15H19F3O5/c1-4-13(2,3)11(19)22-8-5-9-14(15(16,17)18)7(10(8)23-9)6-21-12(14)20/h7-10H,4-6H2,1-3H3. The number of carbonyl (C=O) groups is 2.